The van der Waals surface area contributed by atoms with Gasteiger partial charge >= 0.3 is 5.97 Å². The number of para-hydroxylation sites is 1. The fourth-order valence-corrected chi connectivity index (χ4v) is 4.04. The molecule has 3 aromatic carbocycles. The van der Waals surface area contributed by atoms with Crippen molar-refractivity contribution in [3.63, 3.8) is 0 Å². The molecule has 0 aliphatic heterocycles. The first-order valence-corrected chi connectivity index (χ1v) is 9.41. The summed E-state index contributed by atoms with van der Waals surface area (Å²) in [6, 6.07) is 14.5. The Hall–Kier alpha value is -3.45. The Kier molecular flexibility index (Phi) is 4.68. The van der Waals surface area contributed by atoms with Crippen molar-refractivity contribution in [3.8, 4) is 5.75 Å². The van der Waals surface area contributed by atoms with Crippen molar-refractivity contribution >= 4 is 44.8 Å². The van der Waals surface area contributed by atoms with Gasteiger partial charge in [-0.05, 0) is 34.1 Å². The summed E-state index contributed by atoms with van der Waals surface area (Å²) in [6.07, 6.45) is 0. The quantitative estimate of drug-likeness (QED) is 0.468. The molecule has 2 N–H and O–H groups in total. The van der Waals surface area contributed by atoms with Crippen LogP contribution in [0.25, 0.3) is 0 Å². The molecule has 0 radical (unpaired) electrons. The van der Waals surface area contributed by atoms with Crippen molar-refractivity contribution in [1.82, 2.24) is 0 Å². The predicted molar refractivity (Wildman–Crippen MR) is 111 cm³/mol. The molecule has 0 heterocycles. The summed E-state index contributed by atoms with van der Waals surface area (Å²) in [5, 5.41) is 12.5. The number of rotatable bonds is 4. The average molecular weight is 452 g/mol. The van der Waals surface area contributed by atoms with Crippen molar-refractivity contribution in [2.45, 2.75) is 0 Å². The Morgan fingerprint density at radius 1 is 0.931 bits per heavy atom. The Bertz CT molecular complexity index is 1200. The number of hydrogen-bond acceptors (Lipinski definition) is 5. The van der Waals surface area contributed by atoms with Gasteiger partial charge in [-0.1, -0.05) is 36.4 Å². The van der Waals surface area contributed by atoms with E-state index in [1.165, 1.54) is 13.2 Å². The highest BCUT2D eigenvalue weighted by atomic mass is 79.9. The number of carboxylic acid groups (broad SMARTS) is 1. The average Bonchev–Trinajstić information content (AvgIpc) is 2.72. The van der Waals surface area contributed by atoms with Crippen molar-refractivity contribution < 1.29 is 24.2 Å². The molecule has 1 aliphatic rings. The summed E-state index contributed by atoms with van der Waals surface area (Å²) in [7, 11) is 1.42. The van der Waals surface area contributed by atoms with Crippen LogP contribution in [0.2, 0.25) is 0 Å². The van der Waals surface area contributed by atoms with E-state index in [9.17, 15) is 19.5 Å². The molecule has 3 aromatic rings. The molecule has 7 heteroatoms. The predicted octanol–water partition coefficient (Wildman–Crippen LogP) is 4.67. The van der Waals surface area contributed by atoms with E-state index in [0.29, 0.717) is 27.0 Å². The van der Waals surface area contributed by atoms with Crippen LogP contribution in [0.5, 0.6) is 5.75 Å². The lowest BCUT2D eigenvalue weighted by atomic mass is 9.82. The summed E-state index contributed by atoms with van der Waals surface area (Å²) in [4.78, 5) is 38.0. The molecule has 0 fully saturated rings. The molecule has 0 aromatic heterocycles. The lowest BCUT2D eigenvalue weighted by molar-refractivity contribution is 0.0697. The summed E-state index contributed by atoms with van der Waals surface area (Å²) in [5.74, 6) is -1.52. The van der Waals surface area contributed by atoms with Crippen LogP contribution in [0.3, 0.4) is 0 Å². The third kappa shape index (κ3) is 3.00. The number of methoxy groups -OCH3 is 1. The van der Waals surface area contributed by atoms with E-state index in [-0.39, 0.29) is 34.0 Å². The van der Waals surface area contributed by atoms with Crippen LogP contribution in [-0.2, 0) is 0 Å². The maximum absolute atomic E-state index is 13.3. The molecule has 0 saturated heterocycles. The second-order valence-electron chi connectivity index (χ2n) is 6.37. The van der Waals surface area contributed by atoms with E-state index < -0.39 is 5.97 Å². The summed E-state index contributed by atoms with van der Waals surface area (Å²) < 4.78 is 5.87. The van der Waals surface area contributed by atoms with Gasteiger partial charge in [-0.15, -0.1) is 0 Å². The lowest BCUT2D eigenvalue weighted by Crippen LogP contribution is -2.23. The summed E-state index contributed by atoms with van der Waals surface area (Å²) >= 11 is 3.39. The number of fused-ring (bicyclic) bond motifs is 2. The molecular weight excluding hydrogens is 438 g/mol. The van der Waals surface area contributed by atoms with Gasteiger partial charge in [-0.2, -0.15) is 0 Å². The summed E-state index contributed by atoms with van der Waals surface area (Å²) in [5.41, 5.74) is 1.55. The van der Waals surface area contributed by atoms with Gasteiger partial charge in [0.15, 0.2) is 11.6 Å². The van der Waals surface area contributed by atoms with Gasteiger partial charge < -0.3 is 15.2 Å². The Morgan fingerprint density at radius 3 is 2.14 bits per heavy atom. The first kappa shape index (κ1) is 18.9. The van der Waals surface area contributed by atoms with Crippen LogP contribution in [-0.4, -0.2) is 29.8 Å². The van der Waals surface area contributed by atoms with Crippen molar-refractivity contribution in [1.29, 1.82) is 0 Å². The molecule has 0 unspecified atom stereocenters. The van der Waals surface area contributed by atoms with Crippen LogP contribution in [0.1, 0.15) is 42.2 Å². The van der Waals surface area contributed by atoms with Crippen LogP contribution >= 0.6 is 15.9 Å². The molecule has 144 valence electrons. The number of ether oxygens (including phenoxy) is 1. The minimum Gasteiger partial charge on any atom is -0.495 e. The Labute approximate surface area is 174 Å². The Morgan fingerprint density at radius 2 is 1.52 bits per heavy atom. The minimum absolute atomic E-state index is 0.0446. The second kappa shape index (κ2) is 7.18. The number of aromatic carboxylic acids is 1. The molecule has 29 heavy (non-hydrogen) atoms. The number of benzene rings is 3. The second-order valence-corrected chi connectivity index (χ2v) is 7.22. The number of nitrogens with one attached hydrogen (secondary N) is 1. The van der Waals surface area contributed by atoms with E-state index >= 15 is 0 Å². The SMILES string of the molecule is COc1c(Br)cc(Nc2ccccc2C(=O)O)c2c1C(=O)c1ccccc1C2=O. The van der Waals surface area contributed by atoms with Gasteiger partial charge in [0.2, 0.25) is 0 Å². The van der Waals surface area contributed by atoms with E-state index in [4.69, 9.17) is 4.74 Å². The molecule has 1 aliphatic carbocycles. The number of ketones is 2. The number of carbonyl (C=O) groups excluding carboxylic acids is 2. The largest absolute Gasteiger partial charge is 0.495 e. The molecule has 0 amide bonds. The normalized spacial score (nSPS) is 12.2. The van der Waals surface area contributed by atoms with E-state index in [2.05, 4.69) is 21.2 Å². The topological polar surface area (TPSA) is 92.7 Å². The van der Waals surface area contributed by atoms with Crippen LogP contribution in [0.15, 0.2) is 59.1 Å². The van der Waals surface area contributed by atoms with E-state index in [1.54, 1.807) is 48.5 Å². The van der Waals surface area contributed by atoms with E-state index in [0.717, 1.165) is 0 Å². The fraction of sp³-hybridized carbons (Fsp3) is 0.0455. The van der Waals surface area contributed by atoms with Crippen LogP contribution in [0.4, 0.5) is 11.4 Å². The van der Waals surface area contributed by atoms with Crippen LogP contribution in [0, 0.1) is 0 Å². The van der Waals surface area contributed by atoms with Gasteiger partial charge in [0.05, 0.1) is 39.6 Å². The Balaban J connectivity index is 1.97. The number of carbonyl (C=O) groups is 3. The first-order chi connectivity index (χ1) is 13.9. The van der Waals surface area contributed by atoms with Gasteiger partial charge in [0.25, 0.3) is 0 Å². The highest BCUT2D eigenvalue weighted by Gasteiger charge is 2.35. The standard InChI is InChI=1S/C22H14BrNO5/c1-29-21-14(23)10-16(24-15-9-5-4-8-13(15)22(27)28)17-18(21)20(26)12-7-3-2-6-11(12)19(17)25/h2-10,24H,1H3,(H,27,28). The zero-order valence-corrected chi connectivity index (χ0v) is 16.7. The molecule has 6 nitrogen and oxygen atoms in total. The maximum Gasteiger partial charge on any atom is 0.337 e. The van der Waals surface area contributed by atoms with E-state index in [1.807, 2.05) is 0 Å². The molecule has 0 spiro atoms. The maximum atomic E-state index is 13.3. The highest BCUT2D eigenvalue weighted by molar-refractivity contribution is 9.10. The molecular formula is C22H14BrNO5. The molecule has 4 rings (SSSR count). The van der Waals surface area contributed by atoms with Crippen LogP contribution < -0.4 is 10.1 Å². The highest BCUT2D eigenvalue weighted by Crippen LogP contribution is 2.43. The van der Waals surface area contributed by atoms with Crippen molar-refractivity contribution in [3.05, 3.63) is 86.9 Å². The number of halogens is 1. The van der Waals surface area contributed by atoms with Gasteiger partial charge in [-0.25, -0.2) is 4.79 Å². The van der Waals surface area contributed by atoms with Gasteiger partial charge in [0, 0.05) is 11.1 Å². The number of anilines is 2. The van der Waals surface area contributed by atoms with Gasteiger partial charge in [-0.3, -0.25) is 9.59 Å². The molecule has 0 saturated carbocycles. The third-order valence-corrected chi connectivity index (χ3v) is 5.32. The number of carboxylic acids is 1. The third-order valence-electron chi connectivity index (χ3n) is 4.74. The van der Waals surface area contributed by atoms with Crippen molar-refractivity contribution in [2.24, 2.45) is 0 Å². The number of hydrogen-bond donors (Lipinski definition) is 2. The molecule has 0 atom stereocenters. The summed E-state index contributed by atoms with van der Waals surface area (Å²) in [6.45, 7) is 0. The monoisotopic (exact) mass is 451 g/mol. The zero-order valence-electron chi connectivity index (χ0n) is 15.2. The van der Waals surface area contributed by atoms with Crippen molar-refractivity contribution in [2.75, 3.05) is 12.4 Å². The lowest BCUT2D eigenvalue weighted by Gasteiger charge is -2.24. The van der Waals surface area contributed by atoms with Gasteiger partial charge in [0.1, 0.15) is 5.75 Å². The zero-order chi connectivity index (χ0) is 20.7. The molecule has 0 bridgehead atoms. The smallest absolute Gasteiger partial charge is 0.337 e. The first-order valence-electron chi connectivity index (χ1n) is 8.62. The fourth-order valence-electron chi connectivity index (χ4n) is 3.45. The minimum atomic E-state index is -1.11.